The summed E-state index contributed by atoms with van der Waals surface area (Å²) >= 11 is 0. The summed E-state index contributed by atoms with van der Waals surface area (Å²) in [5, 5.41) is 0. The van der Waals surface area contributed by atoms with Crippen molar-refractivity contribution >= 4 is 5.91 Å². The molecule has 0 spiro atoms. The van der Waals surface area contributed by atoms with E-state index in [-0.39, 0.29) is 12.7 Å². The van der Waals surface area contributed by atoms with Gasteiger partial charge in [-0.2, -0.15) is 13.2 Å². The number of alkyl halides is 3. The van der Waals surface area contributed by atoms with Gasteiger partial charge in [0.1, 0.15) is 18.4 Å². The molecule has 23 heavy (non-hydrogen) atoms. The highest BCUT2D eigenvalue weighted by atomic mass is 19.4. The molecule has 8 heteroatoms. The van der Waals surface area contributed by atoms with E-state index in [0.29, 0.717) is 25.4 Å². The largest absolute Gasteiger partial charge is 0.492 e. The summed E-state index contributed by atoms with van der Waals surface area (Å²) in [7, 11) is 0. The highest BCUT2D eigenvalue weighted by Gasteiger charge is 2.33. The van der Waals surface area contributed by atoms with E-state index in [9.17, 15) is 18.0 Å². The van der Waals surface area contributed by atoms with Crippen LogP contribution in [0.3, 0.4) is 0 Å². The van der Waals surface area contributed by atoms with Crippen LogP contribution in [0.4, 0.5) is 13.2 Å². The number of morpholine rings is 1. The second kappa shape index (κ2) is 7.18. The zero-order chi connectivity index (χ0) is 17.0. The van der Waals surface area contributed by atoms with Crippen molar-refractivity contribution in [3.05, 3.63) is 29.8 Å². The van der Waals surface area contributed by atoms with Gasteiger partial charge in [-0.25, -0.2) is 0 Å². The van der Waals surface area contributed by atoms with Gasteiger partial charge in [-0.15, -0.1) is 0 Å². The van der Waals surface area contributed by atoms with Crippen molar-refractivity contribution in [1.82, 2.24) is 4.90 Å². The van der Waals surface area contributed by atoms with Gasteiger partial charge >= 0.3 is 6.18 Å². The molecular formula is C15H19F3N2O3. The van der Waals surface area contributed by atoms with Crippen LogP contribution in [0.2, 0.25) is 0 Å². The number of amides is 1. The van der Waals surface area contributed by atoms with Crippen molar-refractivity contribution in [3.63, 3.8) is 0 Å². The number of nitrogens with zero attached hydrogens (tertiary/aromatic N) is 1. The molecule has 2 N–H and O–H groups in total. The molecule has 1 aromatic rings. The average molecular weight is 332 g/mol. The lowest BCUT2D eigenvalue weighted by Gasteiger charge is -2.37. The van der Waals surface area contributed by atoms with Crippen LogP contribution in [0, 0.1) is 0 Å². The van der Waals surface area contributed by atoms with Crippen molar-refractivity contribution in [3.8, 4) is 5.75 Å². The van der Waals surface area contributed by atoms with E-state index in [2.05, 4.69) is 0 Å². The SMILES string of the molecule is C[C@H]1OCCN(CCOc2ccc(C(F)(F)F)cc2)[C@@H]1C(N)=O. The van der Waals surface area contributed by atoms with E-state index in [4.69, 9.17) is 15.2 Å². The quantitative estimate of drug-likeness (QED) is 0.891. The molecule has 2 atom stereocenters. The van der Waals surface area contributed by atoms with E-state index in [1.165, 1.54) is 12.1 Å². The normalized spacial score (nSPS) is 22.8. The predicted octanol–water partition coefficient (Wildman–Crippen LogP) is 1.66. The molecule has 1 aromatic carbocycles. The number of benzene rings is 1. The smallest absolute Gasteiger partial charge is 0.416 e. The average Bonchev–Trinajstić information content (AvgIpc) is 2.46. The maximum absolute atomic E-state index is 12.5. The van der Waals surface area contributed by atoms with Gasteiger partial charge in [-0.3, -0.25) is 9.69 Å². The van der Waals surface area contributed by atoms with Gasteiger partial charge < -0.3 is 15.2 Å². The minimum Gasteiger partial charge on any atom is -0.492 e. The van der Waals surface area contributed by atoms with Crippen LogP contribution in [0.1, 0.15) is 12.5 Å². The van der Waals surface area contributed by atoms with Gasteiger partial charge in [0.25, 0.3) is 0 Å². The summed E-state index contributed by atoms with van der Waals surface area (Å²) in [5.41, 5.74) is 4.66. The lowest BCUT2D eigenvalue weighted by molar-refractivity contribution is -0.137. The molecule has 5 nitrogen and oxygen atoms in total. The fraction of sp³-hybridized carbons (Fsp3) is 0.533. The molecule has 0 aliphatic carbocycles. The number of hydrogen-bond acceptors (Lipinski definition) is 4. The summed E-state index contributed by atoms with van der Waals surface area (Å²) in [5.74, 6) is -0.123. The van der Waals surface area contributed by atoms with Gasteiger partial charge in [0.05, 0.1) is 18.3 Å². The Bertz CT molecular complexity index is 534. The Kier molecular flexibility index (Phi) is 5.48. The summed E-state index contributed by atoms with van der Waals surface area (Å²) in [6.07, 6.45) is -4.66. The number of hydrogen-bond donors (Lipinski definition) is 1. The van der Waals surface area contributed by atoms with Crippen LogP contribution >= 0.6 is 0 Å². The molecule has 0 radical (unpaired) electrons. The van der Waals surface area contributed by atoms with Gasteiger partial charge in [0, 0.05) is 13.1 Å². The van der Waals surface area contributed by atoms with Crippen LogP contribution in [0.5, 0.6) is 5.75 Å². The van der Waals surface area contributed by atoms with E-state index in [1.807, 2.05) is 4.90 Å². The number of carbonyl (C=O) groups excluding carboxylic acids is 1. The van der Waals surface area contributed by atoms with Crippen molar-refractivity contribution in [2.45, 2.75) is 25.2 Å². The van der Waals surface area contributed by atoms with Crippen LogP contribution in [0.15, 0.2) is 24.3 Å². The standard InChI is InChI=1S/C15H19F3N2O3/c1-10-13(14(19)21)20(6-8-22-10)7-9-23-12-4-2-11(3-5-12)15(16,17)18/h2-5,10,13H,6-9H2,1H3,(H2,19,21)/t10-,13+/m1/s1. The maximum Gasteiger partial charge on any atom is 0.416 e. The first-order valence-electron chi connectivity index (χ1n) is 7.24. The Morgan fingerprint density at radius 2 is 2.04 bits per heavy atom. The number of carbonyl (C=O) groups is 1. The van der Waals surface area contributed by atoms with E-state index >= 15 is 0 Å². The van der Waals surface area contributed by atoms with Crippen molar-refractivity contribution in [1.29, 1.82) is 0 Å². The zero-order valence-electron chi connectivity index (χ0n) is 12.7. The van der Waals surface area contributed by atoms with E-state index < -0.39 is 23.7 Å². The molecule has 0 aromatic heterocycles. The molecule has 0 bridgehead atoms. The van der Waals surface area contributed by atoms with Crippen LogP contribution in [-0.4, -0.2) is 49.3 Å². The van der Waals surface area contributed by atoms with Gasteiger partial charge in [0.2, 0.25) is 5.91 Å². The van der Waals surface area contributed by atoms with Gasteiger partial charge in [-0.1, -0.05) is 0 Å². The molecule has 1 amide bonds. The van der Waals surface area contributed by atoms with Crippen LogP contribution in [0.25, 0.3) is 0 Å². The Morgan fingerprint density at radius 3 is 2.61 bits per heavy atom. The lowest BCUT2D eigenvalue weighted by atomic mass is 10.1. The second-order valence-corrected chi connectivity index (χ2v) is 5.33. The molecule has 0 saturated carbocycles. The number of ether oxygens (including phenoxy) is 2. The van der Waals surface area contributed by atoms with Crippen LogP contribution < -0.4 is 10.5 Å². The molecule has 1 saturated heterocycles. The summed E-state index contributed by atoms with van der Waals surface area (Å²) in [4.78, 5) is 13.4. The summed E-state index contributed by atoms with van der Waals surface area (Å²) < 4.78 is 48.2. The van der Waals surface area contributed by atoms with Crippen molar-refractivity contribution < 1.29 is 27.4 Å². The van der Waals surface area contributed by atoms with Crippen molar-refractivity contribution in [2.75, 3.05) is 26.3 Å². The minimum atomic E-state index is -4.36. The van der Waals surface area contributed by atoms with E-state index in [1.54, 1.807) is 6.92 Å². The fourth-order valence-electron chi connectivity index (χ4n) is 2.57. The molecule has 128 valence electrons. The highest BCUT2D eigenvalue weighted by Crippen LogP contribution is 2.30. The number of nitrogens with two attached hydrogens (primary N) is 1. The topological polar surface area (TPSA) is 64.8 Å². The van der Waals surface area contributed by atoms with Gasteiger partial charge in [0.15, 0.2) is 0 Å². The van der Waals surface area contributed by atoms with Crippen LogP contribution in [-0.2, 0) is 15.7 Å². The van der Waals surface area contributed by atoms with E-state index in [0.717, 1.165) is 12.1 Å². The highest BCUT2D eigenvalue weighted by molar-refractivity contribution is 5.80. The number of rotatable bonds is 5. The molecule has 2 rings (SSSR count). The monoisotopic (exact) mass is 332 g/mol. The first-order valence-corrected chi connectivity index (χ1v) is 7.24. The van der Waals surface area contributed by atoms with Gasteiger partial charge in [-0.05, 0) is 31.2 Å². The number of primary amides is 1. The summed E-state index contributed by atoms with van der Waals surface area (Å²) in [6, 6.07) is 3.96. The third-order valence-corrected chi connectivity index (χ3v) is 3.72. The Labute approximate surface area is 132 Å². The first-order chi connectivity index (χ1) is 10.8. The minimum absolute atomic E-state index is 0.238. The number of halogens is 3. The first kappa shape index (κ1) is 17.6. The fourth-order valence-corrected chi connectivity index (χ4v) is 2.57. The Morgan fingerprint density at radius 1 is 1.39 bits per heavy atom. The summed E-state index contributed by atoms with van der Waals surface area (Å²) in [6.45, 7) is 3.49. The molecule has 1 fully saturated rings. The predicted molar refractivity (Wildman–Crippen MR) is 76.9 cm³/mol. The Balaban J connectivity index is 1.87. The maximum atomic E-state index is 12.5. The third-order valence-electron chi connectivity index (χ3n) is 3.72. The molecular weight excluding hydrogens is 313 g/mol. The molecule has 1 heterocycles. The Hall–Kier alpha value is -1.80. The zero-order valence-corrected chi connectivity index (χ0v) is 12.7. The second-order valence-electron chi connectivity index (χ2n) is 5.33. The molecule has 1 aliphatic heterocycles. The third kappa shape index (κ3) is 4.59. The molecule has 0 unspecified atom stereocenters. The van der Waals surface area contributed by atoms with Crippen molar-refractivity contribution in [2.24, 2.45) is 5.73 Å². The lowest BCUT2D eigenvalue weighted by Crippen LogP contribution is -2.57. The molecule has 1 aliphatic rings.